The topological polar surface area (TPSA) is 0 Å². The fraction of sp³-hybridized carbons (Fsp3) is 0.158. The molecule has 0 saturated heterocycles. The first-order valence-electron chi connectivity index (χ1n) is 6.96. The van der Waals surface area contributed by atoms with Crippen LogP contribution in [0.1, 0.15) is 17.5 Å². The van der Waals surface area contributed by atoms with Crippen LogP contribution in [0.5, 0.6) is 0 Å². The van der Waals surface area contributed by atoms with Gasteiger partial charge in [-0.15, -0.1) is 0 Å². The van der Waals surface area contributed by atoms with E-state index in [9.17, 15) is 0 Å². The van der Waals surface area contributed by atoms with Gasteiger partial charge in [0.15, 0.2) is 0 Å². The van der Waals surface area contributed by atoms with Gasteiger partial charge in [0.1, 0.15) is 0 Å². The van der Waals surface area contributed by atoms with E-state index < -0.39 is 0 Å². The molecule has 1 unspecified atom stereocenters. The van der Waals surface area contributed by atoms with Gasteiger partial charge in [-0.2, -0.15) is 0 Å². The first-order valence-corrected chi connectivity index (χ1v) is 6.96. The van der Waals surface area contributed by atoms with Crippen LogP contribution < -0.4 is 0 Å². The van der Waals surface area contributed by atoms with Crippen molar-refractivity contribution in [3.05, 3.63) is 83.9 Å². The molecule has 0 spiro atoms. The third-order valence-electron chi connectivity index (χ3n) is 4.28. The molecule has 0 heterocycles. The lowest BCUT2D eigenvalue weighted by molar-refractivity contribution is 0.745. The highest BCUT2D eigenvalue weighted by molar-refractivity contribution is 5.84. The maximum Gasteiger partial charge on any atom is 0.00360 e. The number of allylic oxidation sites excluding steroid dienone is 4. The van der Waals surface area contributed by atoms with Gasteiger partial charge in [0.25, 0.3) is 0 Å². The largest absolute Gasteiger partial charge is 0.0725 e. The van der Waals surface area contributed by atoms with Gasteiger partial charge in [0.2, 0.25) is 0 Å². The normalized spacial score (nSPS) is 24.2. The highest BCUT2D eigenvalue weighted by Gasteiger charge is 2.34. The van der Waals surface area contributed by atoms with E-state index in [2.05, 4.69) is 72.8 Å². The zero-order valence-electron chi connectivity index (χ0n) is 10.8. The standard InChI is InChI=1S/C19H16/c1-3-7-14(8-4-1)18-12-17-11-16(18)13-19(17)15-9-5-2-6-10-15/h1-10,12-13,16-17H,11H2/t16-,17?/m0/s1. The molecule has 2 bridgehead atoms. The molecule has 4 rings (SSSR count). The number of hydrogen-bond donors (Lipinski definition) is 0. The van der Waals surface area contributed by atoms with Gasteiger partial charge in [-0.05, 0) is 28.7 Å². The third-order valence-corrected chi connectivity index (χ3v) is 4.28. The Morgan fingerprint density at radius 2 is 1.00 bits per heavy atom. The van der Waals surface area contributed by atoms with E-state index in [1.807, 2.05) is 0 Å². The molecule has 19 heavy (non-hydrogen) atoms. The molecule has 2 aromatic rings. The quantitative estimate of drug-likeness (QED) is 0.711. The summed E-state index contributed by atoms with van der Waals surface area (Å²) in [4.78, 5) is 0. The summed E-state index contributed by atoms with van der Waals surface area (Å²) in [5.41, 5.74) is 5.81. The van der Waals surface area contributed by atoms with Crippen LogP contribution in [-0.2, 0) is 0 Å². The molecular formula is C19H16. The zero-order chi connectivity index (χ0) is 12.7. The Balaban J connectivity index is 1.67. The van der Waals surface area contributed by atoms with Crippen molar-refractivity contribution in [2.45, 2.75) is 6.42 Å². The molecule has 2 aromatic carbocycles. The monoisotopic (exact) mass is 244 g/mol. The van der Waals surface area contributed by atoms with Crippen molar-refractivity contribution in [3.8, 4) is 0 Å². The van der Waals surface area contributed by atoms with Gasteiger partial charge in [0.05, 0.1) is 0 Å². The summed E-state index contributed by atoms with van der Waals surface area (Å²) in [7, 11) is 0. The Morgan fingerprint density at radius 1 is 0.579 bits per heavy atom. The molecule has 0 heteroatoms. The molecule has 2 atom stereocenters. The molecule has 0 amide bonds. The molecule has 0 aliphatic heterocycles. The minimum atomic E-state index is 0.614. The van der Waals surface area contributed by atoms with Crippen molar-refractivity contribution >= 4 is 11.1 Å². The molecule has 0 aromatic heterocycles. The van der Waals surface area contributed by atoms with Crippen LogP contribution in [0.3, 0.4) is 0 Å². The van der Waals surface area contributed by atoms with Gasteiger partial charge >= 0.3 is 0 Å². The number of fused-ring (bicyclic) bond motifs is 2. The Hall–Kier alpha value is -2.08. The predicted molar refractivity (Wildman–Crippen MR) is 80.4 cm³/mol. The van der Waals surface area contributed by atoms with Gasteiger partial charge < -0.3 is 0 Å². The Labute approximate surface area is 114 Å². The molecule has 0 saturated carbocycles. The summed E-state index contributed by atoms with van der Waals surface area (Å²) in [6.45, 7) is 0. The van der Waals surface area contributed by atoms with Crippen molar-refractivity contribution in [2.24, 2.45) is 11.8 Å². The maximum absolute atomic E-state index is 2.47. The second-order valence-electron chi connectivity index (χ2n) is 5.42. The Morgan fingerprint density at radius 3 is 1.37 bits per heavy atom. The molecule has 0 radical (unpaired) electrons. The lowest BCUT2D eigenvalue weighted by atomic mass is 9.91. The number of benzene rings is 2. The van der Waals surface area contributed by atoms with Crippen LogP contribution in [0.2, 0.25) is 0 Å². The van der Waals surface area contributed by atoms with Crippen molar-refractivity contribution in [2.75, 3.05) is 0 Å². The second kappa shape index (κ2) is 4.24. The average molecular weight is 244 g/mol. The van der Waals surface area contributed by atoms with Gasteiger partial charge in [-0.3, -0.25) is 0 Å². The number of rotatable bonds is 2. The summed E-state index contributed by atoms with van der Waals surface area (Å²) in [6.07, 6.45) is 6.21. The summed E-state index contributed by atoms with van der Waals surface area (Å²) < 4.78 is 0. The van der Waals surface area contributed by atoms with E-state index in [1.165, 1.54) is 28.7 Å². The minimum absolute atomic E-state index is 0.614. The van der Waals surface area contributed by atoms with E-state index in [4.69, 9.17) is 0 Å². The molecular weight excluding hydrogens is 228 g/mol. The Kier molecular flexibility index (Phi) is 2.41. The predicted octanol–water partition coefficient (Wildman–Crippen LogP) is 4.80. The fourth-order valence-corrected chi connectivity index (χ4v) is 3.41. The lowest BCUT2D eigenvalue weighted by Crippen LogP contribution is -1.95. The molecule has 2 aliphatic rings. The van der Waals surface area contributed by atoms with Crippen LogP contribution in [0.15, 0.2) is 72.8 Å². The van der Waals surface area contributed by atoms with E-state index in [-0.39, 0.29) is 0 Å². The van der Waals surface area contributed by atoms with Gasteiger partial charge in [-0.25, -0.2) is 0 Å². The molecule has 92 valence electrons. The summed E-state index contributed by atoms with van der Waals surface area (Å²) in [5.74, 6) is 1.23. The van der Waals surface area contributed by atoms with Crippen LogP contribution in [0.25, 0.3) is 11.1 Å². The first kappa shape index (κ1) is 10.8. The van der Waals surface area contributed by atoms with Gasteiger partial charge in [0, 0.05) is 11.8 Å². The number of hydrogen-bond acceptors (Lipinski definition) is 0. The molecule has 0 fully saturated rings. The molecule has 0 N–H and O–H groups in total. The Bertz CT molecular complexity index is 587. The van der Waals surface area contributed by atoms with Crippen molar-refractivity contribution in [3.63, 3.8) is 0 Å². The maximum atomic E-state index is 2.47. The minimum Gasteiger partial charge on any atom is -0.0725 e. The highest BCUT2D eigenvalue weighted by atomic mass is 14.4. The smallest absolute Gasteiger partial charge is 0.00360 e. The third kappa shape index (κ3) is 1.76. The second-order valence-corrected chi connectivity index (χ2v) is 5.42. The van der Waals surface area contributed by atoms with Gasteiger partial charge in [-0.1, -0.05) is 72.8 Å². The van der Waals surface area contributed by atoms with Crippen LogP contribution in [0, 0.1) is 11.8 Å². The van der Waals surface area contributed by atoms with E-state index in [0.29, 0.717) is 11.8 Å². The SMILES string of the molecule is C1=C(c2ccccc2)C2C=C(c3ccccc3)[C@H]1C2. The van der Waals surface area contributed by atoms with Crippen molar-refractivity contribution < 1.29 is 0 Å². The summed E-state index contributed by atoms with van der Waals surface area (Å²) in [6, 6.07) is 21.6. The zero-order valence-corrected chi connectivity index (χ0v) is 10.8. The lowest BCUT2D eigenvalue weighted by Gasteiger charge is -2.14. The van der Waals surface area contributed by atoms with Crippen LogP contribution in [-0.4, -0.2) is 0 Å². The summed E-state index contributed by atoms with van der Waals surface area (Å²) in [5, 5.41) is 0. The first-order chi connectivity index (χ1) is 9.42. The van der Waals surface area contributed by atoms with Crippen LogP contribution >= 0.6 is 0 Å². The van der Waals surface area contributed by atoms with Crippen LogP contribution in [0.4, 0.5) is 0 Å². The van der Waals surface area contributed by atoms with Crippen molar-refractivity contribution in [1.29, 1.82) is 0 Å². The van der Waals surface area contributed by atoms with Crippen molar-refractivity contribution in [1.82, 2.24) is 0 Å². The van der Waals surface area contributed by atoms with E-state index in [1.54, 1.807) is 0 Å². The summed E-state index contributed by atoms with van der Waals surface area (Å²) >= 11 is 0. The average Bonchev–Trinajstić information content (AvgIpc) is 3.09. The van der Waals surface area contributed by atoms with E-state index >= 15 is 0 Å². The fourth-order valence-electron chi connectivity index (χ4n) is 3.41. The molecule has 0 nitrogen and oxygen atoms in total. The molecule has 2 aliphatic carbocycles. The van der Waals surface area contributed by atoms with E-state index in [0.717, 1.165) is 0 Å². The highest BCUT2D eigenvalue weighted by Crippen LogP contribution is 2.50.